The van der Waals surface area contributed by atoms with E-state index in [9.17, 15) is 14.7 Å². The Bertz CT molecular complexity index is 527. The highest BCUT2D eigenvalue weighted by atomic mass is 16.4. The van der Waals surface area contributed by atoms with Gasteiger partial charge in [0.25, 0.3) is 0 Å². The Kier molecular flexibility index (Phi) is 4.99. The summed E-state index contributed by atoms with van der Waals surface area (Å²) in [5.74, 6) is -1.81. The molecule has 0 aromatic heterocycles. The number of amides is 1. The van der Waals surface area contributed by atoms with E-state index < -0.39 is 17.8 Å². The number of aryl methyl sites for hydroxylation is 1. The predicted molar refractivity (Wildman–Crippen MR) is 82.3 cm³/mol. The molecule has 0 spiro atoms. The Morgan fingerprint density at radius 3 is 2.48 bits per heavy atom. The summed E-state index contributed by atoms with van der Waals surface area (Å²) in [5, 5.41) is 9.36. The Balaban J connectivity index is 2.24. The molecule has 0 unspecified atom stereocenters. The Morgan fingerprint density at radius 2 is 1.90 bits per heavy atom. The summed E-state index contributed by atoms with van der Waals surface area (Å²) in [6.07, 6.45) is 3.12. The van der Waals surface area contributed by atoms with E-state index >= 15 is 0 Å². The molecule has 0 aliphatic heterocycles. The number of benzene rings is 1. The number of carbonyl (C=O) groups is 2. The van der Waals surface area contributed by atoms with Crippen LogP contribution >= 0.6 is 0 Å². The first kappa shape index (κ1) is 15.5. The second kappa shape index (κ2) is 6.74. The molecule has 0 bridgehead atoms. The number of anilines is 1. The number of nitrogens with zero attached hydrogens (tertiary/aromatic N) is 1. The van der Waals surface area contributed by atoms with Crippen molar-refractivity contribution in [1.82, 2.24) is 0 Å². The van der Waals surface area contributed by atoms with Crippen LogP contribution in [0.25, 0.3) is 0 Å². The maximum Gasteiger partial charge on any atom is 0.307 e. The average Bonchev–Trinajstić information content (AvgIpc) is 2.48. The molecule has 114 valence electrons. The van der Waals surface area contributed by atoms with Gasteiger partial charge in [-0.05, 0) is 44.4 Å². The quantitative estimate of drug-likeness (QED) is 0.925. The lowest BCUT2D eigenvalue weighted by molar-refractivity contribution is -0.148. The van der Waals surface area contributed by atoms with Crippen LogP contribution in [0.4, 0.5) is 5.69 Å². The van der Waals surface area contributed by atoms with Gasteiger partial charge in [0.1, 0.15) is 0 Å². The third kappa shape index (κ3) is 3.43. The molecule has 4 nitrogen and oxygen atoms in total. The predicted octanol–water partition coefficient (Wildman–Crippen LogP) is 3.24. The topological polar surface area (TPSA) is 57.6 Å². The van der Waals surface area contributed by atoms with Gasteiger partial charge in [0.15, 0.2) is 0 Å². The van der Waals surface area contributed by atoms with Gasteiger partial charge < -0.3 is 10.0 Å². The zero-order valence-electron chi connectivity index (χ0n) is 12.7. The molecule has 1 fully saturated rings. The van der Waals surface area contributed by atoms with Crippen LogP contribution in [-0.2, 0) is 9.59 Å². The fourth-order valence-corrected chi connectivity index (χ4v) is 3.18. The van der Waals surface area contributed by atoms with Gasteiger partial charge in [-0.3, -0.25) is 9.59 Å². The van der Waals surface area contributed by atoms with Crippen LogP contribution in [0.3, 0.4) is 0 Å². The Morgan fingerprint density at radius 1 is 1.24 bits per heavy atom. The maximum absolute atomic E-state index is 12.8. The SMILES string of the molecule is CCN(C(=O)[C@@H]1CCCC[C@@H]1C(=O)O)c1cccc(C)c1. The van der Waals surface area contributed by atoms with Gasteiger partial charge in [-0.15, -0.1) is 0 Å². The summed E-state index contributed by atoms with van der Waals surface area (Å²) in [6.45, 7) is 4.48. The molecule has 0 saturated heterocycles. The van der Waals surface area contributed by atoms with Crippen LogP contribution in [0.1, 0.15) is 38.2 Å². The summed E-state index contributed by atoms with van der Waals surface area (Å²) in [4.78, 5) is 25.9. The minimum absolute atomic E-state index is 0.0461. The van der Waals surface area contributed by atoms with Crippen molar-refractivity contribution in [2.75, 3.05) is 11.4 Å². The van der Waals surface area contributed by atoms with Crippen LogP contribution < -0.4 is 4.90 Å². The van der Waals surface area contributed by atoms with E-state index in [1.807, 2.05) is 38.1 Å². The van der Waals surface area contributed by atoms with Crippen molar-refractivity contribution in [3.8, 4) is 0 Å². The van der Waals surface area contributed by atoms with E-state index in [2.05, 4.69) is 0 Å². The van der Waals surface area contributed by atoms with Crippen LogP contribution in [0, 0.1) is 18.8 Å². The number of hydrogen-bond acceptors (Lipinski definition) is 2. The minimum atomic E-state index is -0.839. The molecule has 0 heterocycles. The van der Waals surface area contributed by atoms with Gasteiger partial charge in [-0.25, -0.2) is 0 Å². The van der Waals surface area contributed by atoms with Crippen molar-refractivity contribution in [3.63, 3.8) is 0 Å². The zero-order valence-corrected chi connectivity index (χ0v) is 12.7. The standard InChI is InChI=1S/C17H23NO3/c1-3-18(13-8-6-7-12(2)11-13)16(19)14-9-4-5-10-15(14)17(20)21/h6-8,11,14-15H,3-5,9-10H2,1-2H3,(H,20,21)/t14-,15+/m1/s1. The molecule has 21 heavy (non-hydrogen) atoms. The van der Waals surface area contributed by atoms with Crippen LogP contribution in [0.15, 0.2) is 24.3 Å². The summed E-state index contributed by atoms with van der Waals surface area (Å²) in [5.41, 5.74) is 1.95. The Labute approximate surface area is 125 Å². The van der Waals surface area contributed by atoms with E-state index in [1.54, 1.807) is 4.90 Å². The van der Waals surface area contributed by atoms with Gasteiger partial charge in [0.2, 0.25) is 5.91 Å². The number of rotatable bonds is 4. The third-order valence-electron chi connectivity index (χ3n) is 4.30. The maximum atomic E-state index is 12.8. The highest BCUT2D eigenvalue weighted by molar-refractivity contribution is 5.97. The normalized spacial score (nSPS) is 21.8. The average molecular weight is 289 g/mol. The van der Waals surface area contributed by atoms with Crippen molar-refractivity contribution in [2.24, 2.45) is 11.8 Å². The highest BCUT2D eigenvalue weighted by Crippen LogP contribution is 2.33. The lowest BCUT2D eigenvalue weighted by atomic mass is 9.78. The summed E-state index contributed by atoms with van der Waals surface area (Å²) in [6, 6.07) is 7.80. The molecule has 1 amide bonds. The van der Waals surface area contributed by atoms with Crippen molar-refractivity contribution >= 4 is 17.6 Å². The molecule has 2 rings (SSSR count). The van der Waals surface area contributed by atoms with E-state index in [1.165, 1.54) is 0 Å². The third-order valence-corrected chi connectivity index (χ3v) is 4.30. The van der Waals surface area contributed by atoms with Crippen molar-refractivity contribution in [3.05, 3.63) is 29.8 Å². The molecule has 1 aliphatic rings. The second-order valence-corrected chi connectivity index (χ2v) is 5.76. The lowest BCUT2D eigenvalue weighted by Crippen LogP contribution is -2.42. The number of hydrogen-bond donors (Lipinski definition) is 1. The number of aliphatic carboxylic acids is 1. The van der Waals surface area contributed by atoms with Crippen molar-refractivity contribution in [1.29, 1.82) is 0 Å². The molecule has 1 aliphatic carbocycles. The molecule has 2 atom stereocenters. The first-order chi connectivity index (χ1) is 10.0. The smallest absolute Gasteiger partial charge is 0.307 e. The fraction of sp³-hybridized carbons (Fsp3) is 0.529. The largest absolute Gasteiger partial charge is 0.481 e. The summed E-state index contributed by atoms with van der Waals surface area (Å²) >= 11 is 0. The van der Waals surface area contributed by atoms with E-state index in [0.29, 0.717) is 19.4 Å². The first-order valence-electron chi connectivity index (χ1n) is 7.65. The molecule has 1 aromatic carbocycles. The van der Waals surface area contributed by atoms with Gasteiger partial charge in [-0.2, -0.15) is 0 Å². The highest BCUT2D eigenvalue weighted by Gasteiger charge is 2.37. The van der Waals surface area contributed by atoms with Gasteiger partial charge in [0, 0.05) is 12.2 Å². The van der Waals surface area contributed by atoms with Crippen LogP contribution in [-0.4, -0.2) is 23.5 Å². The molecule has 1 saturated carbocycles. The monoisotopic (exact) mass is 289 g/mol. The van der Waals surface area contributed by atoms with E-state index in [-0.39, 0.29) is 5.91 Å². The number of carbonyl (C=O) groups excluding carboxylic acids is 1. The second-order valence-electron chi connectivity index (χ2n) is 5.76. The van der Waals surface area contributed by atoms with Crippen LogP contribution in [0.5, 0.6) is 0 Å². The zero-order chi connectivity index (χ0) is 15.4. The molecular weight excluding hydrogens is 266 g/mol. The number of carboxylic acids is 1. The lowest BCUT2D eigenvalue weighted by Gasteiger charge is -2.32. The van der Waals surface area contributed by atoms with Gasteiger partial charge in [0.05, 0.1) is 11.8 Å². The van der Waals surface area contributed by atoms with Gasteiger partial charge in [-0.1, -0.05) is 25.0 Å². The van der Waals surface area contributed by atoms with Crippen molar-refractivity contribution < 1.29 is 14.7 Å². The molecule has 4 heteroatoms. The molecular formula is C17H23NO3. The fourth-order valence-electron chi connectivity index (χ4n) is 3.18. The van der Waals surface area contributed by atoms with Crippen molar-refractivity contribution in [2.45, 2.75) is 39.5 Å². The minimum Gasteiger partial charge on any atom is -0.481 e. The van der Waals surface area contributed by atoms with E-state index in [4.69, 9.17) is 0 Å². The summed E-state index contributed by atoms with van der Waals surface area (Å²) in [7, 11) is 0. The molecule has 1 aromatic rings. The van der Waals surface area contributed by atoms with Crippen LogP contribution in [0.2, 0.25) is 0 Å². The summed E-state index contributed by atoms with van der Waals surface area (Å²) < 4.78 is 0. The van der Waals surface area contributed by atoms with E-state index in [0.717, 1.165) is 24.1 Å². The van der Waals surface area contributed by atoms with Gasteiger partial charge >= 0.3 is 5.97 Å². The molecule has 1 N–H and O–H groups in total. The number of carboxylic acid groups (broad SMARTS) is 1. The first-order valence-corrected chi connectivity index (χ1v) is 7.65. The Hall–Kier alpha value is -1.84. The molecule has 0 radical (unpaired) electrons.